The number of ether oxygens (including phenoxy) is 1. The second-order valence-electron chi connectivity index (χ2n) is 5.10. The van der Waals surface area contributed by atoms with Crippen LogP contribution in [-0.2, 0) is 0 Å². The van der Waals surface area contributed by atoms with E-state index in [1.165, 1.54) is 24.1 Å². The highest BCUT2D eigenvalue weighted by Gasteiger charge is 2.29. The van der Waals surface area contributed by atoms with E-state index in [0.29, 0.717) is 12.5 Å². The smallest absolute Gasteiger partial charge is 0.260 e. The average molecular weight is 266 g/mol. The fraction of sp³-hybridized carbons (Fsp3) is 0.500. The molecule has 4 nitrogen and oxygen atoms in total. The van der Waals surface area contributed by atoms with Crippen LogP contribution in [0.4, 0.5) is 4.39 Å². The molecule has 2 rings (SSSR count). The summed E-state index contributed by atoms with van der Waals surface area (Å²) >= 11 is 0. The largest absolute Gasteiger partial charge is 0.496 e. The normalized spacial score (nSPS) is 21.7. The van der Waals surface area contributed by atoms with Crippen LogP contribution in [0.25, 0.3) is 0 Å². The molecule has 2 N–H and O–H groups in total. The van der Waals surface area contributed by atoms with Gasteiger partial charge in [-0.15, -0.1) is 0 Å². The first kappa shape index (κ1) is 13.8. The van der Waals surface area contributed by atoms with E-state index >= 15 is 0 Å². The fourth-order valence-corrected chi connectivity index (χ4v) is 2.48. The number of amides is 1. The first-order chi connectivity index (χ1) is 9.02. The lowest BCUT2D eigenvalue weighted by Gasteiger charge is -2.35. The topological polar surface area (TPSA) is 55.6 Å². The van der Waals surface area contributed by atoms with Gasteiger partial charge in [-0.05, 0) is 30.9 Å². The molecule has 0 atom stereocenters. The number of methoxy groups -OCH3 is 1. The minimum absolute atomic E-state index is 0.00359. The maximum atomic E-state index is 13.8. The number of hydrogen-bond acceptors (Lipinski definition) is 3. The van der Waals surface area contributed by atoms with Gasteiger partial charge in [-0.25, -0.2) is 4.39 Å². The lowest BCUT2D eigenvalue weighted by Crippen LogP contribution is -2.43. The number of nitrogens with two attached hydrogens (primary N) is 1. The summed E-state index contributed by atoms with van der Waals surface area (Å²) in [4.78, 5) is 13.8. The molecule has 0 radical (unpaired) electrons. The maximum absolute atomic E-state index is 13.8. The number of nitrogens with zero attached hydrogens (tertiary/aromatic N) is 1. The number of hydrogen-bond donors (Lipinski definition) is 1. The van der Waals surface area contributed by atoms with E-state index in [2.05, 4.69) is 0 Å². The summed E-state index contributed by atoms with van der Waals surface area (Å²) in [5.41, 5.74) is 5.71. The van der Waals surface area contributed by atoms with E-state index in [1.54, 1.807) is 13.1 Å². The molecule has 1 aromatic carbocycles. The van der Waals surface area contributed by atoms with Gasteiger partial charge in [0.05, 0.1) is 7.11 Å². The lowest BCUT2D eigenvalue weighted by molar-refractivity contribution is 0.0726. The van der Waals surface area contributed by atoms with E-state index in [4.69, 9.17) is 10.5 Å². The molecular weight excluding hydrogens is 247 g/mol. The molecule has 104 valence electrons. The fourth-order valence-electron chi connectivity index (χ4n) is 2.48. The average Bonchev–Trinajstić information content (AvgIpc) is 2.35. The van der Waals surface area contributed by atoms with E-state index in [0.717, 1.165) is 12.8 Å². The predicted octanol–water partition coefficient (Wildman–Crippen LogP) is 1.64. The van der Waals surface area contributed by atoms with Crippen molar-refractivity contribution in [2.75, 3.05) is 20.7 Å². The zero-order valence-corrected chi connectivity index (χ0v) is 11.2. The van der Waals surface area contributed by atoms with Gasteiger partial charge >= 0.3 is 0 Å². The molecule has 19 heavy (non-hydrogen) atoms. The van der Waals surface area contributed by atoms with Gasteiger partial charge in [0, 0.05) is 19.6 Å². The van der Waals surface area contributed by atoms with Crippen LogP contribution < -0.4 is 10.5 Å². The van der Waals surface area contributed by atoms with Crippen LogP contribution >= 0.6 is 0 Å². The van der Waals surface area contributed by atoms with E-state index in [-0.39, 0.29) is 23.3 Å². The van der Waals surface area contributed by atoms with Gasteiger partial charge in [0.2, 0.25) is 0 Å². The molecule has 0 spiro atoms. The minimum atomic E-state index is -0.554. The molecule has 0 saturated heterocycles. The summed E-state index contributed by atoms with van der Waals surface area (Å²) in [5, 5.41) is 0. The molecule has 0 unspecified atom stereocenters. The molecule has 0 aromatic heterocycles. The van der Waals surface area contributed by atoms with E-state index in [9.17, 15) is 9.18 Å². The zero-order valence-electron chi connectivity index (χ0n) is 11.2. The van der Waals surface area contributed by atoms with Gasteiger partial charge in [-0.1, -0.05) is 6.07 Å². The van der Waals surface area contributed by atoms with Crippen LogP contribution in [0.3, 0.4) is 0 Å². The molecular formula is C14H19FN2O2. The third-order valence-corrected chi connectivity index (χ3v) is 3.56. The summed E-state index contributed by atoms with van der Waals surface area (Å²) in [7, 11) is 3.11. The van der Waals surface area contributed by atoms with Crippen LogP contribution in [0.2, 0.25) is 0 Å². The zero-order chi connectivity index (χ0) is 14.0. The van der Waals surface area contributed by atoms with E-state index in [1.807, 2.05) is 0 Å². The van der Waals surface area contributed by atoms with Crippen LogP contribution in [0.1, 0.15) is 23.2 Å². The Morgan fingerprint density at radius 3 is 2.79 bits per heavy atom. The highest BCUT2D eigenvalue weighted by atomic mass is 19.1. The second kappa shape index (κ2) is 5.57. The van der Waals surface area contributed by atoms with Gasteiger partial charge in [-0.3, -0.25) is 4.79 Å². The lowest BCUT2D eigenvalue weighted by atomic mass is 9.80. The Morgan fingerprint density at radius 2 is 2.21 bits per heavy atom. The van der Waals surface area contributed by atoms with Crippen LogP contribution in [-0.4, -0.2) is 37.6 Å². The van der Waals surface area contributed by atoms with Crippen molar-refractivity contribution in [3.8, 4) is 5.75 Å². The van der Waals surface area contributed by atoms with Crippen LogP contribution in [0.15, 0.2) is 18.2 Å². The molecule has 1 aliphatic rings. The predicted molar refractivity (Wildman–Crippen MR) is 70.6 cm³/mol. The molecule has 1 aliphatic carbocycles. The van der Waals surface area contributed by atoms with Gasteiger partial charge in [-0.2, -0.15) is 0 Å². The number of carbonyl (C=O) groups is 1. The Kier molecular flexibility index (Phi) is 4.04. The summed E-state index contributed by atoms with van der Waals surface area (Å²) in [6.07, 6.45) is 1.85. The van der Waals surface area contributed by atoms with Gasteiger partial charge in [0.25, 0.3) is 5.91 Å². The highest BCUT2D eigenvalue weighted by Crippen LogP contribution is 2.28. The van der Waals surface area contributed by atoms with Crippen molar-refractivity contribution in [1.29, 1.82) is 0 Å². The first-order valence-electron chi connectivity index (χ1n) is 6.36. The monoisotopic (exact) mass is 266 g/mol. The number of rotatable bonds is 4. The van der Waals surface area contributed by atoms with Gasteiger partial charge < -0.3 is 15.4 Å². The molecule has 0 bridgehead atoms. The summed E-state index contributed by atoms with van der Waals surface area (Å²) < 4.78 is 18.8. The van der Waals surface area contributed by atoms with Crippen molar-refractivity contribution in [3.05, 3.63) is 29.6 Å². The van der Waals surface area contributed by atoms with Crippen LogP contribution in [0, 0.1) is 11.7 Å². The summed E-state index contributed by atoms with van der Waals surface area (Å²) in [6.45, 7) is 0.601. The maximum Gasteiger partial charge on any atom is 0.260 e. The third kappa shape index (κ3) is 2.87. The quantitative estimate of drug-likeness (QED) is 0.901. The number of halogens is 1. The van der Waals surface area contributed by atoms with Crippen molar-refractivity contribution < 1.29 is 13.9 Å². The van der Waals surface area contributed by atoms with Crippen molar-refractivity contribution in [2.24, 2.45) is 11.7 Å². The molecule has 1 saturated carbocycles. The van der Waals surface area contributed by atoms with Crippen molar-refractivity contribution in [1.82, 2.24) is 4.90 Å². The molecule has 5 heteroatoms. The van der Waals surface area contributed by atoms with Crippen molar-refractivity contribution in [3.63, 3.8) is 0 Å². The molecule has 1 amide bonds. The Labute approximate surface area is 112 Å². The minimum Gasteiger partial charge on any atom is -0.496 e. The Balaban J connectivity index is 2.10. The van der Waals surface area contributed by atoms with Crippen molar-refractivity contribution in [2.45, 2.75) is 18.9 Å². The SMILES string of the molecule is COc1cccc(F)c1C(=O)N(C)CC1CC(N)C1. The number of carbonyl (C=O) groups excluding carboxylic acids is 1. The number of benzene rings is 1. The van der Waals surface area contributed by atoms with Gasteiger partial charge in [0.15, 0.2) is 0 Å². The summed E-state index contributed by atoms with van der Waals surface area (Å²) in [6, 6.07) is 4.62. The van der Waals surface area contributed by atoms with Gasteiger partial charge in [0.1, 0.15) is 17.1 Å². The first-order valence-corrected chi connectivity index (χ1v) is 6.36. The second-order valence-corrected chi connectivity index (χ2v) is 5.10. The molecule has 1 aromatic rings. The Morgan fingerprint density at radius 1 is 1.53 bits per heavy atom. The van der Waals surface area contributed by atoms with Crippen molar-refractivity contribution >= 4 is 5.91 Å². The third-order valence-electron chi connectivity index (χ3n) is 3.56. The Bertz CT molecular complexity index is 473. The highest BCUT2D eigenvalue weighted by molar-refractivity contribution is 5.97. The standard InChI is InChI=1S/C14H19FN2O2/c1-17(8-9-6-10(16)7-9)14(18)13-11(15)4-3-5-12(13)19-2/h3-5,9-10H,6-8,16H2,1-2H3. The van der Waals surface area contributed by atoms with Crippen LogP contribution in [0.5, 0.6) is 5.75 Å². The van der Waals surface area contributed by atoms with E-state index < -0.39 is 5.82 Å². The Hall–Kier alpha value is -1.62. The summed E-state index contributed by atoms with van der Waals surface area (Å²) in [5.74, 6) is -0.221. The molecule has 0 heterocycles. The molecule has 1 fully saturated rings. The molecule has 0 aliphatic heterocycles.